The summed E-state index contributed by atoms with van der Waals surface area (Å²) >= 11 is 0. The summed E-state index contributed by atoms with van der Waals surface area (Å²) in [5.41, 5.74) is 0. The zero-order valence-corrected chi connectivity index (χ0v) is 13.1. The molecule has 2 amide bonds. The van der Waals surface area contributed by atoms with Gasteiger partial charge in [-0.2, -0.15) is 0 Å². The molecule has 0 heterocycles. The van der Waals surface area contributed by atoms with E-state index in [0.717, 1.165) is 0 Å². The van der Waals surface area contributed by atoms with Gasteiger partial charge in [0.15, 0.2) is 0 Å². The van der Waals surface area contributed by atoms with Crippen molar-refractivity contribution in [2.75, 3.05) is 26.3 Å². The van der Waals surface area contributed by atoms with Crippen LogP contribution in [0.3, 0.4) is 0 Å². The summed E-state index contributed by atoms with van der Waals surface area (Å²) in [7, 11) is 0. The maximum absolute atomic E-state index is 11.4. The van der Waals surface area contributed by atoms with Gasteiger partial charge in [-0.25, -0.2) is 0 Å². The molecule has 126 valence electrons. The van der Waals surface area contributed by atoms with Crippen LogP contribution in [0.1, 0.15) is 39.5 Å². The Morgan fingerprint density at radius 2 is 1.09 bits per heavy atom. The first-order valence-corrected chi connectivity index (χ1v) is 7.22. The van der Waals surface area contributed by atoms with Crippen molar-refractivity contribution in [2.24, 2.45) is 0 Å². The van der Waals surface area contributed by atoms with Crippen LogP contribution in [0.4, 0.5) is 0 Å². The number of carbonyl (C=O) groups excluding carboxylic acids is 4. The fourth-order valence-corrected chi connectivity index (χ4v) is 1.44. The molecule has 0 aromatic rings. The normalized spacial score (nSPS) is 9.73. The number of hydrogen-bond donors (Lipinski definition) is 2. The van der Waals surface area contributed by atoms with E-state index in [-0.39, 0.29) is 49.8 Å². The second-order valence-corrected chi connectivity index (χ2v) is 4.59. The largest absolute Gasteiger partial charge is 0.466 e. The van der Waals surface area contributed by atoms with Gasteiger partial charge in [-0.15, -0.1) is 0 Å². The Hall–Kier alpha value is -2.12. The number of rotatable bonds is 11. The monoisotopic (exact) mass is 316 g/mol. The lowest BCUT2D eigenvalue weighted by atomic mass is 10.2. The second-order valence-electron chi connectivity index (χ2n) is 4.59. The molecule has 0 fully saturated rings. The third-order valence-corrected chi connectivity index (χ3v) is 2.48. The highest BCUT2D eigenvalue weighted by Gasteiger charge is 2.06. The Kier molecular flexibility index (Phi) is 11.4. The lowest BCUT2D eigenvalue weighted by Gasteiger charge is -2.07. The molecule has 0 aliphatic carbocycles. The van der Waals surface area contributed by atoms with Gasteiger partial charge in [0.25, 0.3) is 0 Å². The van der Waals surface area contributed by atoms with Crippen molar-refractivity contribution in [3.8, 4) is 0 Å². The van der Waals surface area contributed by atoms with Crippen LogP contribution in [0, 0.1) is 0 Å². The van der Waals surface area contributed by atoms with Crippen molar-refractivity contribution in [3.63, 3.8) is 0 Å². The highest BCUT2D eigenvalue weighted by molar-refractivity contribution is 5.83. The third-order valence-electron chi connectivity index (χ3n) is 2.48. The molecule has 0 aromatic carbocycles. The summed E-state index contributed by atoms with van der Waals surface area (Å²) in [5, 5.41) is 5.27. The maximum atomic E-state index is 11.4. The number of esters is 2. The van der Waals surface area contributed by atoms with E-state index in [9.17, 15) is 19.2 Å². The van der Waals surface area contributed by atoms with Crippen molar-refractivity contribution < 1.29 is 28.7 Å². The molecule has 0 spiro atoms. The van der Waals surface area contributed by atoms with Crippen LogP contribution in [0.5, 0.6) is 0 Å². The number of nitrogens with one attached hydrogen (secondary N) is 2. The molecule has 0 unspecified atom stereocenters. The van der Waals surface area contributed by atoms with Gasteiger partial charge >= 0.3 is 11.9 Å². The van der Waals surface area contributed by atoms with Crippen LogP contribution in [0.2, 0.25) is 0 Å². The lowest BCUT2D eigenvalue weighted by Crippen LogP contribution is -2.29. The predicted molar refractivity (Wildman–Crippen MR) is 77.8 cm³/mol. The zero-order chi connectivity index (χ0) is 16.8. The van der Waals surface area contributed by atoms with Gasteiger partial charge in [-0.3, -0.25) is 19.2 Å². The molecule has 0 saturated heterocycles. The Bertz CT molecular complexity index is 348. The van der Waals surface area contributed by atoms with Gasteiger partial charge in [-0.1, -0.05) is 0 Å². The van der Waals surface area contributed by atoms with Gasteiger partial charge in [0.2, 0.25) is 11.8 Å². The van der Waals surface area contributed by atoms with E-state index in [1.807, 2.05) is 0 Å². The van der Waals surface area contributed by atoms with E-state index < -0.39 is 0 Å². The molecule has 0 rings (SSSR count). The minimum absolute atomic E-state index is 0.101. The van der Waals surface area contributed by atoms with E-state index in [1.54, 1.807) is 0 Å². The molecular formula is C14H24N2O6. The van der Waals surface area contributed by atoms with Crippen LogP contribution < -0.4 is 10.6 Å². The predicted octanol–water partition coefficient (Wildman–Crippen LogP) is -0.0946. The molecule has 8 nitrogen and oxygen atoms in total. The van der Waals surface area contributed by atoms with Gasteiger partial charge in [0, 0.05) is 39.8 Å². The van der Waals surface area contributed by atoms with E-state index in [0.29, 0.717) is 25.9 Å². The van der Waals surface area contributed by atoms with Crippen LogP contribution >= 0.6 is 0 Å². The standard InChI is InChI=1S/C14H24N2O6/c1-11(17)21-9-3-7-15-13(19)5-6-14(20)16-8-4-10-22-12(2)18/h3-10H2,1-2H3,(H,15,19)(H,16,20). The third kappa shape index (κ3) is 14.3. The van der Waals surface area contributed by atoms with Crippen molar-refractivity contribution in [1.29, 1.82) is 0 Å². The average molecular weight is 316 g/mol. The summed E-state index contributed by atoms with van der Waals surface area (Å²) in [6.07, 6.45) is 1.27. The molecule has 0 aliphatic heterocycles. The Balaban J connectivity index is 3.46. The number of hydrogen-bond acceptors (Lipinski definition) is 6. The van der Waals surface area contributed by atoms with Gasteiger partial charge in [0.1, 0.15) is 0 Å². The molecule has 0 aliphatic rings. The van der Waals surface area contributed by atoms with Gasteiger partial charge in [-0.05, 0) is 12.8 Å². The highest BCUT2D eigenvalue weighted by atomic mass is 16.5. The number of carbonyl (C=O) groups is 4. The smallest absolute Gasteiger partial charge is 0.302 e. The second kappa shape index (κ2) is 12.6. The molecule has 0 aromatic heterocycles. The molecule has 2 N–H and O–H groups in total. The summed E-state index contributed by atoms with van der Waals surface area (Å²) in [5.74, 6) is -1.15. The Morgan fingerprint density at radius 1 is 0.727 bits per heavy atom. The maximum Gasteiger partial charge on any atom is 0.302 e. The van der Waals surface area contributed by atoms with Crippen molar-refractivity contribution in [3.05, 3.63) is 0 Å². The fraction of sp³-hybridized carbons (Fsp3) is 0.714. The summed E-state index contributed by atoms with van der Waals surface area (Å²) in [6.45, 7) is 3.97. The van der Waals surface area contributed by atoms with Crippen molar-refractivity contribution in [1.82, 2.24) is 10.6 Å². The lowest BCUT2D eigenvalue weighted by molar-refractivity contribution is -0.142. The van der Waals surface area contributed by atoms with Gasteiger partial charge < -0.3 is 20.1 Å². The van der Waals surface area contributed by atoms with E-state index >= 15 is 0 Å². The molecule has 0 radical (unpaired) electrons. The molecule has 0 saturated carbocycles. The van der Waals surface area contributed by atoms with E-state index in [2.05, 4.69) is 10.6 Å². The van der Waals surface area contributed by atoms with E-state index in [1.165, 1.54) is 13.8 Å². The summed E-state index contributed by atoms with van der Waals surface area (Å²) in [4.78, 5) is 43.9. The van der Waals surface area contributed by atoms with Crippen molar-refractivity contribution >= 4 is 23.8 Å². The first kappa shape index (κ1) is 19.9. The molecule has 8 heteroatoms. The molecule has 0 bridgehead atoms. The first-order valence-electron chi connectivity index (χ1n) is 7.22. The SMILES string of the molecule is CC(=O)OCCCNC(=O)CCC(=O)NCCCOC(C)=O. The quantitative estimate of drug-likeness (QED) is 0.407. The molecule has 22 heavy (non-hydrogen) atoms. The highest BCUT2D eigenvalue weighted by Crippen LogP contribution is 1.91. The minimum atomic E-state index is -0.350. The number of amides is 2. The van der Waals surface area contributed by atoms with Crippen LogP contribution in [-0.2, 0) is 28.7 Å². The van der Waals surface area contributed by atoms with Gasteiger partial charge in [0.05, 0.1) is 13.2 Å². The summed E-state index contributed by atoms with van der Waals surface area (Å²) in [6, 6.07) is 0. The first-order chi connectivity index (χ1) is 10.4. The Labute approximate surface area is 129 Å². The minimum Gasteiger partial charge on any atom is -0.466 e. The zero-order valence-electron chi connectivity index (χ0n) is 13.1. The fourth-order valence-electron chi connectivity index (χ4n) is 1.44. The Morgan fingerprint density at radius 3 is 1.41 bits per heavy atom. The summed E-state index contributed by atoms with van der Waals surface area (Å²) < 4.78 is 9.43. The van der Waals surface area contributed by atoms with Crippen LogP contribution in [0.15, 0.2) is 0 Å². The van der Waals surface area contributed by atoms with Crippen LogP contribution in [-0.4, -0.2) is 50.1 Å². The molecule has 0 atom stereocenters. The van der Waals surface area contributed by atoms with Crippen molar-refractivity contribution in [2.45, 2.75) is 39.5 Å². The average Bonchev–Trinajstić information content (AvgIpc) is 2.43. The van der Waals surface area contributed by atoms with E-state index in [4.69, 9.17) is 9.47 Å². The molecular weight excluding hydrogens is 292 g/mol. The number of ether oxygens (including phenoxy) is 2. The van der Waals surface area contributed by atoms with Crippen LogP contribution in [0.25, 0.3) is 0 Å². The topological polar surface area (TPSA) is 111 Å².